The van der Waals surface area contributed by atoms with E-state index in [1.54, 1.807) is 12.1 Å². The van der Waals surface area contributed by atoms with Crippen molar-refractivity contribution in [2.24, 2.45) is 0 Å². The fourth-order valence-electron chi connectivity index (χ4n) is 2.99. The highest BCUT2D eigenvalue weighted by Crippen LogP contribution is 2.26. The van der Waals surface area contributed by atoms with Crippen LogP contribution in [-0.2, 0) is 22.5 Å². The highest BCUT2D eigenvalue weighted by Gasteiger charge is 2.21. The van der Waals surface area contributed by atoms with Gasteiger partial charge in [0.15, 0.2) is 0 Å². The molecular formula is C20H19NO3. The third-order valence-corrected chi connectivity index (χ3v) is 4.19. The average Bonchev–Trinajstić information content (AvgIpc) is 2.99. The van der Waals surface area contributed by atoms with Gasteiger partial charge in [-0.1, -0.05) is 49.4 Å². The van der Waals surface area contributed by atoms with Gasteiger partial charge < -0.3 is 9.30 Å². The molecule has 0 fully saturated rings. The number of ether oxygens (including phenoxy) is 1. The summed E-state index contributed by atoms with van der Waals surface area (Å²) < 4.78 is 6.77. The summed E-state index contributed by atoms with van der Waals surface area (Å²) in [6, 6.07) is 17.6. The average molecular weight is 321 g/mol. The van der Waals surface area contributed by atoms with E-state index in [0.29, 0.717) is 5.56 Å². The van der Waals surface area contributed by atoms with E-state index in [9.17, 15) is 9.59 Å². The second kappa shape index (κ2) is 6.71. The Labute approximate surface area is 140 Å². The molecule has 0 bridgehead atoms. The molecule has 0 N–H and O–H groups in total. The molecule has 0 atom stereocenters. The lowest BCUT2D eigenvalue weighted by Crippen LogP contribution is -2.15. The van der Waals surface area contributed by atoms with Gasteiger partial charge in [-0.2, -0.15) is 0 Å². The molecule has 0 spiro atoms. The van der Waals surface area contributed by atoms with Crippen molar-refractivity contribution < 1.29 is 14.3 Å². The number of hydrogen-bond donors (Lipinski definition) is 0. The van der Waals surface area contributed by atoms with Crippen LogP contribution in [0, 0.1) is 0 Å². The third-order valence-electron chi connectivity index (χ3n) is 4.19. The summed E-state index contributed by atoms with van der Waals surface area (Å²) >= 11 is 0. The van der Waals surface area contributed by atoms with Gasteiger partial charge in [-0.05, 0) is 24.1 Å². The zero-order valence-corrected chi connectivity index (χ0v) is 13.8. The second-order valence-corrected chi connectivity index (χ2v) is 5.62. The molecule has 122 valence electrons. The molecule has 0 aliphatic carbocycles. The molecule has 3 rings (SSSR count). The topological polar surface area (TPSA) is 48.3 Å². The Morgan fingerprint density at radius 1 is 1.04 bits per heavy atom. The second-order valence-electron chi connectivity index (χ2n) is 5.62. The molecule has 1 aromatic heterocycles. The maximum absolute atomic E-state index is 12.3. The van der Waals surface area contributed by atoms with Gasteiger partial charge in [0.05, 0.1) is 7.11 Å². The lowest BCUT2D eigenvalue weighted by Gasteiger charge is -2.10. The summed E-state index contributed by atoms with van der Waals surface area (Å²) in [7, 11) is 1.22. The number of ketones is 1. The van der Waals surface area contributed by atoms with Crippen LogP contribution in [0.5, 0.6) is 0 Å². The fourth-order valence-corrected chi connectivity index (χ4v) is 2.99. The van der Waals surface area contributed by atoms with E-state index in [-0.39, 0.29) is 0 Å². The highest BCUT2D eigenvalue weighted by atomic mass is 16.5. The molecule has 4 heteroatoms. The third kappa shape index (κ3) is 2.83. The van der Waals surface area contributed by atoms with E-state index < -0.39 is 11.8 Å². The highest BCUT2D eigenvalue weighted by molar-refractivity contribution is 6.42. The maximum Gasteiger partial charge on any atom is 0.379 e. The van der Waals surface area contributed by atoms with Crippen LogP contribution in [0.25, 0.3) is 10.9 Å². The van der Waals surface area contributed by atoms with Gasteiger partial charge in [0, 0.05) is 28.7 Å². The van der Waals surface area contributed by atoms with Crippen LogP contribution in [0.1, 0.15) is 28.5 Å². The number of fused-ring (bicyclic) bond motifs is 1. The zero-order chi connectivity index (χ0) is 17.1. The molecule has 0 aliphatic heterocycles. The molecule has 2 aromatic carbocycles. The predicted molar refractivity (Wildman–Crippen MR) is 93.2 cm³/mol. The van der Waals surface area contributed by atoms with Crippen LogP contribution in [0.4, 0.5) is 0 Å². The minimum atomic E-state index is -0.837. The molecular weight excluding hydrogens is 302 g/mol. The Morgan fingerprint density at radius 3 is 2.46 bits per heavy atom. The quantitative estimate of drug-likeness (QED) is 0.410. The summed E-state index contributed by atoms with van der Waals surface area (Å²) in [5.74, 6) is -1.45. The standard InChI is InChI=1S/C20H19NO3/c1-3-15-12-17-16(19(22)20(23)24-2)10-7-11-18(17)21(15)13-14-8-5-4-6-9-14/h4-12H,3,13H2,1-2H3. The molecule has 24 heavy (non-hydrogen) atoms. The fraction of sp³-hybridized carbons (Fsp3) is 0.200. The number of esters is 1. The summed E-state index contributed by atoms with van der Waals surface area (Å²) in [4.78, 5) is 23.9. The number of hydrogen-bond acceptors (Lipinski definition) is 3. The molecule has 3 aromatic rings. The Balaban J connectivity index is 2.13. The van der Waals surface area contributed by atoms with Crippen molar-refractivity contribution in [3.8, 4) is 0 Å². The predicted octanol–water partition coefficient (Wildman–Crippen LogP) is 3.61. The molecule has 0 unspecified atom stereocenters. The number of aromatic nitrogens is 1. The van der Waals surface area contributed by atoms with Crippen molar-refractivity contribution in [1.82, 2.24) is 4.57 Å². The summed E-state index contributed by atoms with van der Waals surface area (Å²) in [5.41, 5.74) is 3.65. The van der Waals surface area contributed by atoms with E-state index >= 15 is 0 Å². The van der Waals surface area contributed by atoms with Crippen molar-refractivity contribution in [1.29, 1.82) is 0 Å². The van der Waals surface area contributed by atoms with Gasteiger partial charge >= 0.3 is 5.97 Å². The number of nitrogens with zero attached hydrogens (tertiary/aromatic N) is 1. The Bertz CT molecular complexity index is 894. The van der Waals surface area contributed by atoms with Crippen LogP contribution in [0.15, 0.2) is 54.6 Å². The van der Waals surface area contributed by atoms with E-state index in [0.717, 1.165) is 29.6 Å². The van der Waals surface area contributed by atoms with Crippen molar-refractivity contribution in [3.63, 3.8) is 0 Å². The van der Waals surface area contributed by atoms with Gasteiger partial charge in [-0.15, -0.1) is 0 Å². The van der Waals surface area contributed by atoms with Gasteiger partial charge in [0.2, 0.25) is 0 Å². The molecule has 0 aliphatic rings. The van der Waals surface area contributed by atoms with Gasteiger partial charge in [-0.25, -0.2) is 4.79 Å². The number of rotatable bonds is 5. The first kappa shape index (κ1) is 16.0. The number of methoxy groups -OCH3 is 1. The van der Waals surface area contributed by atoms with E-state index in [1.165, 1.54) is 12.7 Å². The summed E-state index contributed by atoms with van der Waals surface area (Å²) in [6.45, 7) is 2.81. The van der Waals surface area contributed by atoms with Gasteiger partial charge in [0.25, 0.3) is 5.78 Å². The van der Waals surface area contributed by atoms with E-state index in [4.69, 9.17) is 0 Å². The minimum Gasteiger partial charge on any atom is -0.463 e. The molecule has 1 heterocycles. The number of carbonyl (C=O) groups is 2. The largest absolute Gasteiger partial charge is 0.463 e. The van der Waals surface area contributed by atoms with Crippen molar-refractivity contribution in [2.45, 2.75) is 19.9 Å². The normalized spacial score (nSPS) is 10.8. The zero-order valence-electron chi connectivity index (χ0n) is 13.8. The van der Waals surface area contributed by atoms with Gasteiger partial charge in [0.1, 0.15) is 0 Å². The minimum absolute atomic E-state index is 0.390. The number of benzene rings is 2. The molecule has 0 amide bonds. The van der Waals surface area contributed by atoms with E-state index in [2.05, 4.69) is 28.4 Å². The van der Waals surface area contributed by atoms with Crippen LogP contribution in [0.3, 0.4) is 0 Å². The van der Waals surface area contributed by atoms with Crippen molar-refractivity contribution in [3.05, 3.63) is 71.4 Å². The number of carbonyl (C=O) groups excluding carboxylic acids is 2. The number of Topliss-reactive ketones (excluding diaryl/α,β-unsaturated/α-hetero) is 1. The van der Waals surface area contributed by atoms with Crippen LogP contribution in [0.2, 0.25) is 0 Å². The van der Waals surface area contributed by atoms with E-state index in [1.807, 2.05) is 30.3 Å². The first-order valence-corrected chi connectivity index (χ1v) is 7.93. The Kier molecular flexibility index (Phi) is 4.47. The molecule has 4 nitrogen and oxygen atoms in total. The van der Waals surface area contributed by atoms with Crippen LogP contribution >= 0.6 is 0 Å². The Hall–Kier alpha value is -2.88. The van der Waals surface area contributed by atoms with Crippen LogP contribution in [-0.4, -0.2) is 23.4 Å². The first-order valence-electron chi connectivity index (χ1n) is 7.93. The molecule has 0 saturated heterocycles. The maximum atomic E-state index is 12.3. The van der Waals surface area contributed by atoms with Crippen molar-refractivity contribution >= 4 is 22.7 Å². The SMILES string of the molecule is CCc1cc2c(C(=O)C(=O)OC)cccc2n1Cc1ccccc1. The lowest BCUT2D eigenvalue weighted by atomic mass is 10.1. The molecule has 0 saturated carbocycles. The number of aryl methyl sites for hydroxylation is 1. The smallest absolute Gasteiger partial charge is 0.379 e. The van der Waals surface area contributed by atoms with Crippen LogP contribution < -0.4 is 0 Å². The lowest BCUT2D eigenvalue weighted by molar-refractivity contribution is -0.135. The van der Waals surface area contributed by atoms with Gasteiger partial charge in [-0.3, -0.25) is 4.79 Å². The summed E-state index contributed by atoms with van der Waals surface area (Å²) in [6.07, 6.45) is 0.841. The Morgan fingerprint density at radius 2 is 1.79 bits per heavy atom. The summed E-state index contributed by atoms with van der Waals surface area (Å²) in [5, 5.41) is 0.792. The monoisotopic (exact) mass is 321 g/mol. The first-order chi connectivity index (χ1) is 11.7. The van der Waals surface area contributed by atoms with Crippen molar-refractivity contribution in [2.75, 3.05) is 7.11 Å². The molecule has 0 radical (unpaired) electrons.